The van der Waals surface area contributed by atoms with Gasteiger partial charge in [0, 0.05) is 12.3 Å². The van der Waals surface area contributed by atoms with E-state index in [1.54, 1.807) is 0 Å². The Kier molecular flexibility index (Phi) is 4.72. The molecule has 0 aromatic carbocycles. The number of carbonyl (C=O) groups excluding carboxylic acids is 2. The number of imidazole rings is 1. The van der Waals surface area contributed by atoms with Crippen LogP contribution in [-0.4, -0.2) is 26.0 Å². The molecule has 0 spiro atoms. The first-order chi connectivity index (χ1) is 14.7. The minimum Gasteiger partial charge on any atom is -0.390 e. The molecule has 0 radical (unpaired) electrons. The van der Waals surface area contributed by atoms with Crippen LogP contribution in [0.1, 0.15) is 65.2 Å². The number of ketones is 2. The fourth-order valence-electron chi connectivity index (χ4n) is 7.96. The Hall–Kier alpha value is -2.31. The second-order valence-electron chi connectivity index (χ2n) is 10.7. The number of nitrogens with zero attached hydrogens (tertiary/aromatic N) is 3. The number of nitro groups is 1. The maximum Gasteiger partial charge on any atom is 0.434 e. The van der Waals surface area contributed by atoms with Crippen LogP contribution >= 0.6 is 0 Å². The van der Waals surface area contributed by atoms with Crippen LogP contribution in [0.15, 0.2) is 24.0 Å². The zero-order valence-corrected chi connectivity index (χ0v) is 18.4. The van der Waals surface area contributed by atoms with E-state index in [4.69, 9.17) is 0 Å². The van der Waals surface area contributed by atoms with E-state index >= 15 is 0 Å². The molecular formula is C24H31N3O4. The van der Waals surface area contributed by atoms with Gasteiger partial charge in [0.15, 0.2) is 11.6 Å². The fourth-order valence-corrected chi connectivity index (χ4v) is 7.96. The molecule has 1 aromatic rings. The third-order valence-corrected chi connectivity index (χ3v) is 9.53. The number of hydrogen-bond donors (Lipinski definition) is 0. The molecule has 0 saturated heterocycles. The normalized spacial score (nSPS) is 39.3. The smallest absolute Gasteiger partial charge is 0.390 e. The standard InChI is InChI=1S/C24H31N3O4/c1-23-9-7-16(28)13-15(23)3-4-17-18-5-6-20(24(18,2)10-8-19(17)23)21(29)14-26-12-11-25-22(26)27(30)31/h11-13,17-20H,3-10,14H2,1-2H3/t17-,18-,19-,20+,23-,24-/m0/s1. The van der Waals surface area contributed by atoms with Gasteiger partial charge in [-0.15, -0.1) is 0 Å². The van der Waals surface area contributed by atoms with Crippen molar-refractivity contribution < 1.29 is 14.5 Å². The van der Waals surface area contributed by atoms with Crippen LogP contribution in [0.3, 0.4) is 0 Å². The SMILES string of the molecule is C[C@]12CC[C@H]3[C@@H](CCC4=CC(=O)CC[C@@]43C)[C@@H]1CC[C@@H]2C(=O)Cn1ccnc1[N+](=O)[O-]. The minimum atomic E-state index is -0.527. The predicted octanol–water partition coefficient (Wildman–Crippen LogP) is 4.51. The van der Waals surface area contributed by atoms with Crippen molar-refractivity contribution in [2.45, 2.75) is 71.8 Å². The number of Topliss-reactive ketones (excluding diaryl/α,β-unsaturated/α-hetero) is 1. The van der Waals surface area contributed by atoms with Crippen molar-refractivity contribution in [1.29, 1.82) is 0 Å². The van der Waals surface area contributed by atoms with E-state index in [1.807, 2.05) is 6.08 Å². The quantitative estimate of drug-likeness (QED) is 0.522. The molecule has 0 amide bonds. The highest BCUT2D eigenvalue weighted by Gasteiger charge is 2.60. The van der Waals surface area contributed by atoms with E-state index in [9.17, 15) is 19.7 Å². The summed E-state index contributed by atoms with van der Waals surface area (Å²) in [7, 11) is 0. The van der Waals surface area contributed by atoms with Gasteiger partial charge >= 0.3 is 5.95 Å². The van der Waals surface area contributed by atoms with Gasteiger partial charge in [0.1, 0.15) is 18.9 Å². The van der Waals surface area contributed by atoms with Gasteiger partial charge < -0.3 is 10.1 Å². The summed E-state index contributed by atoms with van der Waals surface area (Å²) in [6.45, 7) is 4.70. The van der Waals surface area contributed by atoms with Gasteiger partial charge in [-0.05, 0) is 84.5 Å². The van der Waals surface area contributed by atoms with Crippen molar-refractivity contribution in [3.8, 4) is 0 Å². The molecule has 4 aliphatic carbocycles. The molecule has 7 heteroatoms. The average Bonchev–Trinajstić information content (AvgIpc) is 3.32. The molecule has 6 atom stereocenters. The van der Waals surface area contributed by atoms with Crippen molar-refractivity contribution in [2.75, 3.05) is 0 Å². The number of rotatable bonds is 4. The highest BCUT2D eigenvalue weighted by atomic mass is 16.6. The Morgan fingerprint density at radius 2 is 2.00 bits per heavy atom. The topological polar surface area (TPSA) is 95.1 Å². The maximum atomic E-state index is 13.3. The van der Waals surface area contributed by atoms with Gasteiger partial charge in [0.25, 0.3) is 0 Å². The predicted molar refractivity (Wildman–Crippen MR) is 114 cm³/mol. The fraction of sp³-hybridized carbons (Fsp3) is 0.708. The molecule has 7 nitrogen and oxygen atoms in total. The first kappa shape index (κ1) is 20.6. The molecule has 4 aliphatic rings. The second-order valence-corrected chi connectivity index (χ2v) is 10.7. The summed E-state index contributed by atoms with van der Waals surface area (Å²) < 4.78 is 1.38. The summed E-state index contributed by atoms with van der Waals surface area (Å²) in [4.78, 5) is 39.8. The molecule has 166 valence electrons. The molecule has 31 heavy (non-hydrogen) atoms. The third kappa shape index (κ3) is 3.03. The Bertz CT molecular complexity index is 981. The van der Waals surface area contributed by atoms with E-state index < -0.39 is 4.92 Å². The molecule has 5 rings (SSSR count). The lowest BCUT2D eigenvalue weighted by atomic mass is 9.46. The number of allylic oxidation sites excluding steroid dienone is 1. The molecule has 0 bridgehead atoms. The maximum absolute atomic E-state index is 13.3. The summed E-state index contributed by atoms with van der Waals surface area (Å²) in [6, 6.07) is 0. The van der Waals surface area contributed by atoms with Crippen LogP contribution in [0, 0.1) is 44.6 Å². The van der Waals surface area contributed by atoms with Gasteiger partial charge in [-0.1, -0.05) is 24.4 Å². The summed E-state index contributed by atoms with van der Waals surface area (Å²) >= 11 is 0. The van der Waals surface area contributed by atoms with Crippen LogP contribution in [0.25, 0.3) is 0 Å². The number of hydrogen-bond acceptors (Lipinski definition) is 5. The highest BCUT2D eigenvalue weighted by molar-refractivity contribution is 5.91. The van der Waals surface area contributed by atoms with Crippen LogP contribution in [-0.2, 0) is 16.1 Å². The van der Waals surface area contributed by atoms with E-state index in [0.717, 1.165) is 44.9 Å². The van der Waals surface area contributed by atoms with Crippen LogP contribution in [0.4, 0.5) is 5.95 Å². The second kappa shape index (κ2) is 7.10. The Morgan fingerprint density at radius 3 is 2.77 bits per heavy atom. The van der Waals surface area contributed by atoms with E-state index in [2.05, 4.69) is 18.8 Å². The molecule has 0 unspecified atom stereocenters. The number of carbonyl (C=O) groups is 2. The average molecular weight is 426 g/mol. The van der Waals surface area contributed by atoms with Crippen LogP contribution in [0.5, 0.6) is 0 Å². The molecule has 3 saturated carbocycles. The Labute approximate surface area is 182 Å². The van der Waals surface area contributed by atoms with Crippen molar-refractivity contribution in [3.63, 3.8) is 0 Å². The monoisotopic (exact) mass is 425 g/mol. The molecule has 1 aromatic heterocycles. The van der Waals surface area contributed by atoms with Gasteiger partial charge in [-0.2, -0.15) is 0 Å². The Balaban J connectivity index is 1.37. The minimum absolute atomic E-state index is 0.0318. The lowest BCUT2D eigenvalue weighted by Crippen LogP contribution is -2.51. The summed E-state index contributed by atoms with van der Waals surface area (Å²) in [5.41, 5.74) is 1.47. The molecule has 0 aliphatic heterocycles. The van der Waals surface area contributed by atoms with E-state index in [-0.39, 0.29) is 40.8 Å². The molecule has 0 N–H and O–H groups in total. The molecule has 1 heterocycles. The summed E-state index contributed by atoms with van der Waals surface area (Å²) in [6.07, 6.45) is 12.7. The van der Waals surface area contributed by atoms with Gasteiger partial charge in [0.05, 0.1) is 0 Å². The Morgan fingerprint density at radius 1 is 1.19 bits per heavy atom. The summed E-state index contributed by atoms with van der Waals surface area (Å²) in [5, 5.41) is 11.2. The molecular weight excluding hydrogens is 394 g/mol. The van der Waals surface area contributed by atoms with Gasteiger partial charge in [-0.25, -0.2) is 4.57 Å². The van der Waals surface area contributed by atoms with Crippen LogP contribution in [0.2, 0.25) is 0 Å². The first-order valence-corrected chi connectivity index (χ1v) is 11.7. The molecule has 3 fully saturated rings. The zero-order valence-electron chi connectivity index (χ0n) is 18.4. The van der Waals surface area contributed by atoms with Gasteiger partial charge in [-0.3, -0.25) is 9.59 Å². The number of aromatic nitrogens is 2. The van der Waals surface area contributed by atoms with Crippen molar-refractivity contribution in [1.82, 2.24) is 9.55 Å². The van der Waals surface area contributed by atoms with Crippen molar-refractivity contribution in [2.24, 2.45) is 34.5 Å². The highest BCUT2D eigenvalue weighted by Crippen LogP contribution is 2.66. The first-order valence-electron chi connectivity index (χ1n) is 11.7. The zero-order chi connectivity index (χ0) is 22.0. The summed E-state index contributed by atoms with van der Waals surface area (Å²) in [5.74, 6) is 1.81. The van der Waals surface area contributed by atoms with E-state index in [0.29, 0.717) is 24.2 Å². The lowest BCUT2D eigenvalue weighted by Gasteiger charge is -2.58. The van der Waals surface area contributed by atoms with Crippen molar-refractivity contribution in [3.05, 3.63) is 34.2 Å². The number of fused-ring (bicyclic) bond motifs is 5. The van der Waals surface area contributed by atoms with E-state index in [1.165, 1.54) is 22.5 Å². The van der Waals surface area contributed by atoms with Crippen LogP contribution < -0.4 is 0 Å². The van der Waals surface area contributed by atoms with Crippen molar-refractivity contribution >= 4 is 17.5 Å². The third-order valence-electron chi connectivity index (χ3n) is 9.53. The van der Waals surface area contributed by atoms with Gasteiger partial charge in [0.2, 0.25) is 0 Å². The lowest BCUT2D eigenvalue weighted by molar-refractivity contribution is -0.396. The largest absolute Gasteiger partial charge is 0.434 e.